The topological polar surface area (TPSA) is 61.0 Å². The van der Waals surface area contributed by atoms with Gasteiger partial charge in [-0.05, 0) is 75.5 Å². The number of carbonyl (C=O) groups is 1. The SMILES string of the molecule is O=C(NC1CCC(CN(C2CCC2)C2CCC2)CC1)c1ccc2[nH]ncc2c1. The van der Waals surface area contributed by atoms with Crippen LogP contribution in [0.3, 0.4) is 0 Å². The molecule has 3 saturated carbocycles. The molecule has 5 nitrogen and oxygen atoms in total. The Balaban J connectivity index is 1.13. The van der Waals surface area contributed by atoms with Crippen molar-refractivity contribution in [3.63, 3.8) is 0 Å². The maximum Gasteiger partial charge on any atom is 0.251 e. The highest BCUT2D eigenvalue weighted by Crippen LogP contribution is 2.36. The molecule has 5 heteroatoms. The Morgan fingerprint density at radius 1 is 1.04 bits per heavy atom. The normalized spacial score (nSPS) is 26.2. The van der Waals surface area contributed by atoms with Crippen LogP contribution in [0.1, 0.15) is 74.6 Å². The monoisotopic (exact) mass is 380 g/mol. The van der Waals surface area contributed by atoms with E-state index in [-0.39, 0.29) is 5.91 Å². The van der Waals surface area contributed by atoms with E-state index in [2.05, 4.69) is 20.4 Å². The van der Waals surface area contributed by atoms with Gasteiger partial charge in [0.15, 0.2) is 0 Å². The van der Waals surface area contributed by atoms with Crippen LogP contribution < -0.4 is 5.32 Å². The number of hydrogen-bond donors (Lipinski definition) is 2. The number of amides is 1. The molecule has 2 N–H and O–H groups in total. The number of H-pyrrole nitrogens is 1. The van der Waals surface area contributed by atoms with Crippen LogP contribution in [0.15, 0.2) is 24.4 Å². The van der Waals surface area contributed by atoms with E-state index in [0.717, 1.165) is 47.3 Å². The molecular formula is C23H32N4O. The van der Waals surface area contributed by atoms with E-state index < -0.39 is 0 Å². The number of carbonyl (C=O) groups excluding carboxylic acids is 1. The van der Waals surface area contributed by atoms with Gasteiger partial charge in [0, 0.05) is 35.6 Å². The summed E-state index contributed by atoms with van der Waals surface area (Å²) in [4.78, 5) is 15.5. The molecule has 150 valence electrons. The van der Waals surface area contributed by atoms with Crippen molar-refractivity contribution in [2.24, 2.45) is 5.92 Å². The van der Waals surface area contributed by atoms with Crippen molar-refractivity contribution in [3.05, 3.63) is 30.0 Å². The third kappa shape index (κ3) is 3.69. The fraction of sp³-hybridized carbons (Fsp3) is 0.652. The fourth-order valence-electron chi connectivity index (χ4n) is 5.17. The third-order valence-electron chi connectivity index (χ3n) is 7.44. The van der Waals surface area contributed by atoms with Gasteiger partial charge in [-0.1, -0.05) is 12.8 Å². The largest absolute Gasteiger partial charge is 0.349 e. The van der Waals surface area contributed by atoms with Crippen LogP contribution in [0.2, 0.25) is 0 Å². The molecule has 0 spiro atoms. The van der Waals surface area contributed by atoms with Gasteiger partial charge in [0.25, 0.3) is 5.91 Å². The van der Waals surface area contributed by atoms with Gasteiger partial charge in [0.05, 0.1) is 11.7 Å². The lowest BCUT2D eigenvalue weighted by Gasteiger charge is -2.48. The Kier molecular flexibility index (Phi) is 5.10. The molecule has 0 aliphatic heterocycles. The molecule has 0 radical (unpaired) electrons. The molecule has 0 atom stereocenters. The molecule has 28 heavy (non-hydrogen) atoms. The van der Waals surface area contributed by atoms with E-state index >= 15 is 0 Å². The minimum atomic E-state index is 0.0529. The van der Waals surface area contributed by atoms with Gasteiger partial charge in [-0.2, -0.15) is 5.10 Å². The van der Waals surface area contributed by atoms with Crippen molar-refractivity contribution in [1.82, 2.24) is 20.4 Å². The molecule has 1 aromatic heterocycles. The highest BCUT2D eigenvalue weighted by molar-refractivity contribution is 5.98. The van der Waals surface area contributed by atoms with Gasteiger partial charge < -0.3 is 5.32 Å². The Hall–Kier alpha value is -1.88. The van der Waals surface area contributed by atoms with E-state index in [4.69, 9.17) is 0 Å². The Bertz CT molecular complexity index is 801. The van der Waals surface area contributed by atoms with Crippen LogP contribution in [-0.2, 0) is 0 Å². The van der Waals surface area contributed by atoms with Crippen LogP contribution in [0.5, 0.6) is 0 Å². The van der Waals surface area contributed by atoms with Gasteiger partial charge in [0.2, 0.25) is 0 Å². The second kappa shape index (κ2) is 7.86. The van der Waals surface area contributed by atoms with Crippen molar-refractivity contribution in [2.75, 3.05) is 6.54 Å². The number of nitrogens with zero attached hydrogens (tertiary/aromatic N) is 2. The summed E-state index contributed by atoms with van der Waals surface area (Å²) in [6.07, 6.45) is 15.0. The van der Waals surface area contributed by atoms with Crippen LogP contribution >= 0.6 is 0 Å². The number of nitrogens with one attached hydrogen (secondary N) is 2. The van der Waals surface area contributed by atoms with Gasteiger partial charge in [-0.15, -0.1) is 0 Å². The van der Waals surface area contributed by atoms with Crippen LogP contribution in [0, 0.1) is 5.92 Å². The molecule has 1 aromatic carbocycles. The standard InChI is InChI=1S/C23H32N4O/c28-23(17-9-12-22-18(13-17)14-24-26-22)25-19-10-7-16(8-11-19)15-27(20-3-1-4-20)21-5-2-6-21/h9,12-14,16,19-21H,1-8,10-11,15H2,(H,24,26)(H,25,28). The first-order valence-corrected chi connectivity index (χ1v) is 11.3. The summed E-state index contributed by atoms with van der Waals surface area (Å²) in [5, 5.41) is 11.2. The number of aromatic amines is 1. The average molecular weight is 381 g/mol. The van der Waals surface area contributed by atoms with Crippen molar-refractivity contribution >= 4 is 16.8 Å². The van der Waals surface area contributed by atoms with Crippen molar-refractivity contribution in [3.8, 4) is 0 Å². The van der Waals surface area contributed by atoms with Crippen molar-refractivity contribution in [1.29, 1.82) is 0 Å². The number of benzene rings is 1. The molecule has 5 rings (SSSR count). The lowest BCUT2D eigenvalue weighted by Crippen LogP contribution is -2.52. The molecule has 0 saturated heterocycles. The minimum Gasteiger partial charge on any atom is -0.349 e. The Labute approximate surface area is 167 Å². The molecule has 0 bridgehead atoms. The van der Waals surface area contributed by atoms with E-state index in [1.165, 1.54) is 57.9 Å². The first kappa shape index (κ1) is 18.2. The fourth-order valence-corrected chi connectivity index (χ4v) is 5.17. The summed E-state index contributed by atoms with van der Waals surface area (Å²) in [6.45, 7) is 1.30. The van der Waals surface area contributed by atoms with Crippen LogP contribution in [-0.4, -0.2) is 45.7 Å². The third-order valence-corrected chi connectivity index (χ3v) is 7.44. The Morgan fingerprint density at radius 2 is 1.75 bits per heavy atom. The number of fused-ring (bicyclic) bond motifs is 1. The molecular weight excluding hydrogens is 348 g/mol. The highest BCUT2D eigenvalue weighted by atomic mass is 16.1. The lowest BCUT2D eigenvalue weighted by atomic mass is 9.81. The maximum absolute atomic E-state index is 12.7. The predicted molar refractivity (Wildman–Crippen MR) is 111 cm³/mol. The second-order valence-electron chi connectivity index (χ2n) is 9.23. The molecule has 2 aromatic rings. The summed E-state index contributed by atoms with van der Waals surface area (Å²) < 4.78 is 0. The van der Waals surface area contributed by atoms with E-state index in [1.807, 2.05) is 18.2 Å². The number of rotatable bonds is 6. The van der Waals surface area contributed by atoms with Gasteiger partial charge >= 0.3 is 0 Å². The smallest absolute Gasteiger partial charge is 0.251 e. The first-order valence-electron chi connectivity index (χ1n) is 11.3. The lowest BCUT2D eigenvalue weighted by molar-refractivity contribution is 0.0202. The quantitative estimate of drug-likeness (QED) is 0.787. The zero-order chi connectivity index (χ0) is 18.9. The molecule has 3 aliphatic rings. The van der Waals surface area contributed by atoms with Crippen LogP contribution in [0.25, 0.3) is 10.9 Å². The maximum atomic E-state index is 12.7. The summed E-state index contributed by atoms with van der Waals surface area (Å²) in [7, 11) is 0. The summed E-state index contributed by atoms with van der Waals surface area (Å²) in [5.41, 5.74) is 1.71. The average Bonchev–Trinajstić information content (AvgIpc) is 3.08. The van der Waals surface area contributed by atoms with Gasteiger partial charge in [0.1, 0.15) is 0 Å². The van der Waals surface area contributed by atoms with Gasteiger partial charge in [-0.3, -0.25) is 14.8 Å². The van der Waals surface area contributed by atoms with E-state index in [1.54, 1.807) is 6.20 Å². The molecule has 3 aliphatic carbocycles. The first-order chi connectivity index (χ1) is 13.8. The molecule has 1 heterocycles. The highest BCUT2D eigenvalue weighted by Gasteiger charge is 2.35. The minimum absolute atomic E-state index is 0.0529. The van der Waals surface area contributed by atoms with Gasteiger partial charge in [-0.25, -0.2) is 0 Å². The zero-order valence-electron chi connectivity index (χ0n) is 16.7. The molecule has 1 amide bonds. The summed E-state index contributed by atoms with van der Waals surface area (Å²) >= 11 is 0. The predicted octanol–water partition coefficient (Wildman–Crippen LogP) is 4.26. The van der Waals surface area contributed by atoms with E-state index in [0.29, 0.717) is 6.04 Å². The number of aromatic nitrogens is 2. The van der Waals surface area contributed by atoms with Crippen LogP contribution in [0.4, 0.5) is 0 Å². The number of hydrogen-bond acceptors (Lipinski definition) is 3. The Morgan fingerprint density at radius 3 is 2.39 bits per heavy atom. The zero-order valence-corrected chi connectivity index (χ0v) is 16.7. The van der Waals surface area contributed by atoms with Crippen molar-refractivity contribution in [2.45, 2.75) is 82.3 Å². The molecule has 3 fully saturated rings. The summed E-state index contributed by atoms with van der Waals surface area (Å²) in [6, 6.07) is 7.82. The van der Waals surface area contributed by atoms with Crippen molar-refractivity contribution < 1.29 is 4.79 Å². The second-order valence-corrected chi connectivity index (χ2v) is 9.23. The summed E-state index contributed by atoms with van der Waals surface area (Å²) in [5.74, 6) is 0.869. The molecule has 0 unspecified atom stereocenters. The van der Waals surface area contributed by atoms with E-state index in [9.17, 15) is 4.79 Å².